The predicted octanol–water partition coefficient (Wildman–Crippen LogP) is 1.57. The minimum atomic E-state index is -0.0332. The van der Waals surface area contributed by atoms with E-state index in [0.29, 0.717) is 13.1 Å². The maximum Gasteiger partial charge on any atom is 0.0703 e. The Hall–Kier alpha value is -1.91. The van der Waals surface area contributed by atoms with E-state index in [0.717, 1.165) is 16.8 Å². The van der Waals surface area contributed by atoms with E-state index in [4.69, 9.17) is 0 Å². The molecule has 0 bridgehead atoms. The number of pyridine rings is 1. The van der Waals surface area contributed by atoms with Crippen molar-refractivity contribution >= 4 is 5.69 Å². The number of aliphatic hydroxyl groups excluding tert-OH is 2. The molecule has 1 aromatic carbocycles. The molecule has 1 aromatic heterocycles. The molecule has 0 aliphatic heterocycles. The minimum absolute atomic E-state index is 0.0332. The van der Waals surface area contributed by atoms with Crippen LogP contribution in [0.5, 0.6) is 0 Å². The van der Waals surface area contributed by atoms with Gasteiger partial charge in [0.05, 0.1) is 25.1 Å². The summed E-state index contributed by atoms with van der Waals surface area (Å²) in [7, 11) is 0. The van der Waals surface area contributed by atoms with Crippen molar-refractivity contribution in [2.75, 3.05) is 18.1 Å². The molecule has 0 aliphatic rings. The Morgan fingerprint density at radius 3 is 2.53 bits per heavy atom. The molecule has 2 rings (SSSR count). The Labute approximate surface area is 113 Å². The number of benzene rings is 1. The molecule has 100 valence electrons. The number of nitrogens with zero attached hydrogens (tertiary/aromatic N) is 2. The van der Waals surface area contributed by atoms with Gasteiger partial charge in [0.15, 0.2) is 0 Å². The van der Waals surface area contributed by atoms with Gasteiger partial charge >= 0.3 is 0 Å². The highest BCUT2D eigenvalue weighted by molar-refractivity contribution is 5.51. The van der Waals surface area contributed by atoms with Gasteiger partial charge in [0, 0.05) is 24.8 Å². The van der Waals surface area contributed by atoms with E-state index in [1.165, 1.54) is 0 Å². The second-order valence-electron chi connectivity index (χ2n) is 4.29. The fourth-order valence-electron chi connectivity index (χ4n) is 2.04. The van der Waals surface area contributed by atoms with Crippen molar-refractivity contribution in [3.8, 4) is 0 Å². The summed E-state index contributed by atoms with van der Waals surface area (Å²) in [5, 5.41) is 18.6. The highest BCUT2D eigenvalue weighted by Crippen LogP contribution is 2.21. The summed E-state index contributed by atoms with van der Waals surface area (Å²) in [4.78, 5) is 6.13. The first-order chi connectivity index (χ1) is 9.35. The van der Waals surface area contributed by atoms with E-state index in [2.05, 4.69) is 4.98 Å². The van der Waals surface area contributed by atoms with E-state index >= 15 is 0 Å². The Morgan fingerprint density at radius 2 is 1.84 bits per heavy atom. The molecule has 4 nitrogen and oxygen atoms in total. The lowest BCUT2D eigenvalue weighted by Gasteiger charge is -2.25. The first-order valence-electron chi connectivity index (χ1n) is 6.28. The molecule has 0 atom stereocenters. The summed E-state index contributed by atoms with van der Waals surface area (Å²) in [6, 6.07) is 11.8. The highest BCUT2D eigenvalue weighted by Gasteiger charge is 2.11. The van der Waals surface area contributed by atoms with Crippen molar-refractivity contribution in [2.45, 2.75) is 13.2 Å². The van der Waals surface area contributed by atoms with Crippen molar-refractivity contribution in [2.24, 2.45) is 0 Å². The van der Waals surface area contributed by atoms with Gasteiger partial charge in [0.25, 0.3) is 0 Å². The molecule has 0 fully saturated rings. The summed E-state index contributed by atoms with van der Waals surface area (Å²) < 4.78 is 0. The topological polar surface area (TPSA) is 56.6 Å². The lowest BCUT2D eigenvalue weighted by atomic mass is 10.1. The molecular formula is C15H18N2O2. The van der Waals surface area contributed by atoms with Crippen LogP contribution in [0.2, 0.25) is 0 Å². The van der Waals surface area contributed by atoms with Crippen molar-refractivity contribution in [3.05, 3.63) is 59.9 Å². The highest BCUT2D eigenvalue weighted by atomic mass is 16.3. The van der Waals surface area contributed by atoms with E-state index < -0.39 is 0 Å². The maximum atomic E-state index is 9.38. The molecule has 4 heteroatoms. The fraction of sp³-hybridized carbons (Fsp3) is 0.267. The Morgan fingerprint density at radius 1 is 1.05 bits per heavy atom. The third kappa shape index (κ3) is 3.53. The molecule has 2 aromatic rings. The van der Waals surface area contributed by atoms with Crippen LogP contribution in [0.4, 0.5) is 5.69 Å². The summed E-state index contributed by atoms with van der Waals surface area (Å²) in [6.07, 6.45) is 3.39. The smallest absolute Gasteiger partial charge is 0.0703 e. The zero-order chi connectivity index (χ0) is 13.5. The molecule has 2 N–H and O–H groups in total. The first kappa shape index (κ1) is 13.5. The Kier molecular flexibility index (Phi) is 4.89. The zero-order valence-electron chi connectivity index (χ0n) is 10.7. The fourth-order valence-corrected chi connectivity index (χ4v) is 2.04. The molecule has 1 heterocycles. The second kappa shape index (κ2) is 6.87. The van der Waals surface area contributed by atoms with Crippen LogP contribution in [0.1, 0.15) is 11.1 Å². The molecule has 0 amide bonds. The van der Waals surface area contributed by atoms with Gasteiger partial charge in [-0.2, -0.15) is 0 Å². The van der Waals surface area contributed by atoms with E-state index in [9.17, 15) is 10.2 Å². The summed E-state index contributed by atoms with van der Waals surface area (Å²) in [5.74, 6) is 0. The van der Waals surface area contributed by atoms with Crippen LogP contribution < -0.4 is 4.90 Å². The van der Waals surface area contributed by atoms with Crippen LogP contribution in [0.3, 0.4) is 0 Å². The maximum absolute atomic E-state index is 9.38. The van der Waals surface area contributed by atoms with Crippen LogP contribution in [0.25, 0.3) is 0 Å². The lowest BCUT2D eigenvalue weighted by molar-refractivity contribution is 0.280. The number of anilines is 1. The monoisotopic (exact) mass is 258 g/mol. The van der Waals surface area contributed by atoms with E-state index in [-0.39, 0.29) is 13.2 Å². The van der Waals surface area contributed by atoms with Crippen LogP contribution in [0, 0.1) is 0 Å². The third-order valence-electron chi connectivity index (χ3n) is 2.98. The van der Waals surface area contributed by atoms with Crippen molar-refractivity contribution in [1.82, 2.24) is 4.98 Å². The quantitative estimate of drug-likeness (QED) is 0.826. The molecular weight excluding hydrogens is 240 g/mol. The standard InChI is InChI=1S/C15H18N2O2/c18-9-8-17(11-13-4-2-1-3-5-13)15-10-16-7-6-14(15)12-19/h1-7,10,18-19H,8-9,11-12H2. The summed E-state index contributed by atoms with van der Waals surface area (Å²) in [6.45, 7) is 1.22. The Bertz CT molecular complexity index is 503. The number of aliphatic hydroxyl groups is 2. The van der Waals surface area contributed by atoms with Crippen molar-refractivity contribution < 1.29 is 10.2 Å². The van der Waals surface area contributed by atoms with Gasteiger partial charge in [-0.1, -0.05) is 30.3 Å². The molecule has 0 saturated carbocycles. The summed E-state index contributed by atoms with van der Waals surface area (Å²) in [5.41, 5.74) is 2.84. The van der Waals surface area contributed by atoms with Crippen LogP contribution >= 0.6 is 0 Å². The Balaban J connectivity index is 2.24. The first-order valence-corrected chi connectivity index (χ1v) is 6.28. The van der Waals surface area contributed by atoms with Gasteiger partial charge in [-0.3, -0.25) is 4.98 Å². The average molecular weight is 258 g/mol. The molecule has 0 saturated heterocycles. The van der Waals surface area contributed by atoms with Crippen molar-refractivity contribution in [3.63, 3.8) is 0 Å². The van der Waals surface area contributed by atoms with Gasteiger partial charge in [-0.15, -0.1) is 0 Å². The minimum Gasteiger partial charge on any atom is -0.395 e. The zero-order valence-corrected chi connectivity index (χ0v) is 10.7. The van der Waals surface area contributed by atoms with Gasteiger partial charge in [-0.05, 0) is 11.6 Å². The number of aromatic nitrogens is 1. The van der Waals surface area contributed by atoms with Gasteiger partial charge < -0.3 is 15.1 Å². The van der Waals surface area contributed by atoms with E-state index in [1.54, 1.807) is 18.5 Å². The average Bonchev–Trinajstić information content (AvgIpc) is 2.48. The van der Waals surface area contributed by atoms with Gasteiger partial charge in [-0.25, -0.2) is 0 Å². The molecule has 0 unspecified atom stereocenters. The molecule has 0 radical (unpaired) electrons. The second-order valence-corrected chi connectivity index (χ2v) is 4.29. The summed E-state index contributed by atoms with van der Waals surface area (Å²) >= 11 is 0. The van der Waals surface area contributed by atoms with E-state index in [1.807, 2.05) is 35.2 Å². The predicted molar refractivity (Wildman–Crippen MR) is 74.7 cm³/mol. The normalized spacial score (nSPS) is 10.4. The molecule has 0 spiro atoms. The number of rotatable bonds is 6. The third-order valence-corrected chi connectivity index (χ3v) is 2.98. The molecule has 0 aliphatic carbocycles. The van der Waals surface area contributed by atoms with Crippen LogP contribution in [-0.2, 0) is 13.2 Å². The van der Waals surface area contributed by atoms with Crippen LogP contribution in [-0.4, -0.2) is 28.3 Å². The lowest BCUT2D eigenvalue weighted by Crippen LogP contribution is -2.27. The largest absolute Gasteiger partial charge is 0.395 e. The van der Waals surface area contributed by atoms with Crippen LogP contribution in [0.15, 0.2) is 48.8 Å². The SMILES string of the molecule is OCCN(Cc1ccccc1)c1cnccc1CO. The number of hydrogen-bond donors (Lipinski definition) is 2. The van der Waals surface area contributed by atoms with Crippen molar-refractivity contribution in [1.29, 1.82) is 0 Å². The molecule has 19 heavy (non-hydrogen) atoms. The van der Waals surface area contributed by atoms with Gasteiger partial charge in [0.2, 0.25) is 0 Å². The number of hydrogen-bond acceptors (Lipinski definition) is 4. The van der Waals surface area contributed by atoms with Gasteiger partial charge in [0.1, 0.15) is 0 Å².